The number of hydrazone groups is 1. The summed E-state index contributed by atoms with van der Waals surface area (Å²) in [6.07, 6.45) is 0. The lowest BCUT2D eigenvalue weighted by molar-refractivity contribution is 0.00570. The van der Waals surface area contributed by atoms with Crippen LogP contribution in [0.25, 0.3) is 0 Å². The van der Waals surface area contributed by atoms with E-state index in [1.807, 2.05) is 88.4 Å². The summed E-state index contributed by atoms with van der Waals surface area (Å²) in [6, 6.07) is 49.5. The molecular weight excluding hydrogens is 976 g/mol. The van der Waals surface area contributed by atoms with Gasteiger partial charge in [-0.1, -0.05) is 109 Å². The first-order valence-corrected chi connectivity index (χ1v) is 26.7. The van der Waals surface area contributed by atoms with Gasteiger partial charge in [-0.2, -0.15) is 18.4 Å². The Bertz CT molecular complexity index is 3280. The molecule has 0 bridgehead atoms. The second-order valence-electron chi connectivity index (χ2n) is 19.4. The topological polar surface area (TPSA) is 176 Å². The minimum atomic E-state index is -3.69. The van der Waals surface area contributed by atoms with Crippen LogP contribution in [0.15, 0.2) is 187 Å². The van der Waals surface area contributed by atoms with Crippen molar-refractivity contribution in [2.75, 3.05) is 10.6 Å². The van der Waals surface area contributed by atoms with E-state index < -0.39 is 34.3 Å². The molecule has 0 amide bonds. The molecule has 376 valence electrons. The van der Waals surface area contributed by atoms with Crippen molar-refractivity contribution in [3.63, 3.8) is 0 Å². The number of hydrogen-bond donors (Lipinski definition) is 5. The van der Waals surface area contributed by atoms with E-state index in [9.17, 15) is 18.0 Å². The van der Waals surface area contributed by atoms with Crippen molar-refractivity contribution >= 4 is 86.5 Å². The number of benzene rings is 7. The lowest BCUT2D eigenvalue weighted by Gasteiger charge is -2.23. The predicted octanol–water partition coefficient (Wildman–Crippen LogP) is 12.2. The molecule has 0 saturated carbocycles. The van der Waals surface area contributed by atoms with Crippen molar-refractivity contribution in [2.45, 2.75) is 104 Å². The van der Waals surface area contributed by atoms with Crippen LogP contribution in [0.4, 0.5) is 22.7 Å². The molecule has 1 unspecified atom stereocenters. The first-order valence-electron chi connectivity index (χ1n) is 23.5. The number of sulfonamides is 1. The fourth-order valence-corrected chi connectivity index (χ4v) is 10.2. The van der Waals surface area contributed by atoms with Crippen LogP contribution in [-0.4, -0.2) is 54.4 Å². The van der Waals surface area contributed by atoms with Crippen LogP contribution in [0.1, 0.15) is 104 Å². The van der Waals surface area contributed by atoms with Gasteiger partial charge in [0.1, 0.15) is 11.2 Å². The monoisotopic (exact) mass is 1030 g/mol. The van der Waals surface area contributed by atoms with Crippen molar-refractivity contribution in [3.8, 4) is 0 Å². The number of esters is 2. The van der Waals surface area contributed by atoms with E-state index in [0.29, 0.717) is 16.8 Å². The number of aryl methyl sites for hydroxylation is 1. The number of nitrogens with one attached hydrogen (secondary N) is 3. The van der Waals surface area contributed by atoms with E-state index in [4.69, 9.17) is 19.5 Å². The third-order valence-electron chi connectivity index (χ3n) is 11.2. The Labute approximate surface area is 437 Å². The van der Waals surface area contributed by atoms with Crippen molar-refractivity contribution in [1.29, 1.82) is 0 Å². The summed E-state index contributed by atoms with van der Waals surface area (Å²) < 4.78 is 35.5. The Hall–Kier alpha value is -6.82. The smallest absolute Gasteiger partial charge is 0.456 e. The Morgan fingerprint density at radius 2 is 1.08 bits per heavy atom. The summed E-state index contributed by atoms with van der Waals surface area (Å²) in [7, 11) is -5.28. The van der Waals surface area contributed by atoms with Gasteiger partial charge in [-0.15, -0.1) is 0 Å². The molecule has 0 fully saturated rings. The van der Waals surface area contributed by atoms with Crippen LogP contribution in [-0.2, 0) is 19.5 Å². The Morgan fingerprint density at radius 1 is 0.589 bits per heavy atom. The molecule has 12 nitrogen and oxygen atoms in total. The molecule has 9 rings (SSSR count). The number of fused-ring (bicyclic) bond motifs is 4. The van der Waals surface area contributed by atoms with E-state index in [0.717, 1.165) is 44.3 Å². The number of anilines is 4. The third kappa shape index (κ3) is 14.7. The zero-order valence-electron chi connectivity index (χ0n) is 42.2. The molecule has 7 aromatic carbocycles. The average Bonchev–Trinajstić information content (AvgIpc) is 3.35. The second-order valence-corrected chi connectivity index (χ2v) is 23.2. The fourth-order valence-electron chi connectivity index (χ4n) is 7.38. The molecule has 1 atom stereocenters. The van der Waals surface area contributed by atoms with Gasteiger partial charge in [0.05, 0.1) is 44.5 Å². The highest BCUT2D eigenvalue weighted by Crippen LogP contribution is 2.46. The molecule has 5 N–H and O–H groups in total. The van der Waals surface area contributed by atoms with Crippen molar-refractivity contribution in [2.24, 2.45) is 5.10 Å². The molecule has 0 aliphatic carbocycles. The van der Waals surface area contributed by atoms with Crippen LogP contribution < -0.4 is 20.9 Å². The number of hydrogen-bond acceptors (Lipinski definition) is 13. The summed E-state index contributed by atoms with van der Waals surface area (Å²) in [5, 5.41) is 29.0. The Kier molecular flexibility index (Phi) is 17.0. The molecule has 2 aliphatic rings. The average molecular weight is 1040 g/mol. The number of rotatable bonds is 9. The van der Waals surface area contributed by atoms with Gasteiger partial charge >= 0.3 is 19.1 Å². The highest BCUT2D eigenvalue weighted by molar-refractivity contribution is 8.00. The summed E-state index contributed by atoms with van der Waals surface area (Å²) in [4.78, 5) is 31.4. The number of para-hydroxylation sites is 2. The molecular formula is C57H59BN4O8S3. The van der Waals surface area contributed by atoms with Crippen molar-refractivity contribution in [3.05, 3.63) is 191 Å². The van der Waals surface area contributed by atoms with Gasteiger partial charge in [0.15, 0.2) is 0 Å². The van der Waals surface area contributed by atoms with Gasteiger partial charge in [-0.3, -0.25) is 0 Å². The van der Waals surface area contributed by atoms with E-state index in [1.54, 1.807) is 87.6 Å². The third-order valence-corrected chi connectivity index (χ3v) is 14.7. The first-order chi connectivity index (χ1) is 34.5. The number of nitrogens with zero attached hydrogens (tertiary/aromatic N) is 1. The van der Waals surface area contributed by atoms with Gasteiger partial charge in [0.2, 0.25) is 0 Å². The maximum Gasteiger partial charge on any atom is 0.488 e. The minimum Gasteiger partial charge on any atom is -0.456 e. The van der Waals surface area contributed by atoms with E-state index in [2.05, 4.69) is 76.0 Å². The molecule has 73 heavy (non-hydrogen) atoms. The Balaban J connectivity index is 0.000000168. The van der Waals surface area contributed by atoms with Crippen LogP contribution in [0.2, 0.25) is 0 Å². The van der Waals surface area contributed by atoms with Gasteiger partial charge in [-0.05, 0) is 162 Å². The molecule has 0 spiro atoms. The maximum atomic E-state index is 12.4. The summed E-state index contributed by atoms with van der Waals surface area (Å²) >= 11 is 3.49. The summed E-state index contributed by atoms with van der Waals surface area (Å²) in [6.45, 7) is 16.8. The summed E-state index contributed by atoms with van der Waals surface area (Å²) in [5.74, 6) is -0.603. The first kappa shape index (κ1) is 54.0. The van der Waals surface area contributed by atoms with Crippen LogP contribution >= 0.6 is 23.5 Å². The van der Waals surface area contributed by atoms with Gasteiger partial charge in [-0.25, -0.2) is 9.59 Å². The normalized spacial score (nSPS) is 12.9. The molecule has 2 heterocycles. The van der Waals surface area contributed by atoms with Crippen molar-refractivity contribution < 1.29 is 37.5 Å². The standard InChI is InChI=1S/C25H25NO2S.C21H19N3O2S2.C11H15BO4/c1-16(17-8-7-9-19(14-17)24(27)28-25(2,3)4)18-12-13-23-21(15-18)26-20-10-5-6-11-22(20)29-23;1-14-7-10-17(11-8-14)28(25,26)24-23-15(2)16-9-12-21-19(13-16)22-18-5-3-4-6-20(18)27-21;1-11(2,3)16-10(13)8-5-4-6-9(7-8)12(14)15/h5-16,26H,1-4H3;3-13,22,24H,1-2H3;4-7,14-15H,1-3H3/b;23-15+;. The number of carbonyl (C=O) groups is 2. The lowest BCUT2D eigenvalue weighted by atomic mass is 9.80. The molecule has 0 radical (unpaired) electrons. The summed E-state index contributed by atoms with van der Waals surface area (Å²) in [5.41, 5.74) is 9.14. The second kappa shape index (κ2) is 22.9. The molecule has 0 saturated heterocycles. The highest BCUT2D eigenvalue weighted by Gasteiger charge is 2.23. The number of ether oxygens (including phenoxy) is 2. The molecule has 16 heteroatoms. The SMILES string of the molecule is C/C(=N\NS(=O)(=O)c1ccc(C)cc1)c1ccc2c(c1)Nc1ccccc1S2.CC(C)(C)OC(=O)c1cccc(B(O)O)c1.CC(c1cccc(C(=O)OC(C)(C)C)c1)c1ccc2c(c1)Nc1ccccc1S2. The number of carbonyl (C=O) groups excluding carboxylic acids is 2. The van der Waals surface area contributed by atoms with Crippen LogP contribution in [0.3, 0.4) is 0 Å². The van der Waals surface area contributed by atoms with Gasteiger partial charge in [0, 0.05) is 25.5 Å². The predicted molar refractivity (Wildman–Crippen MR) is 295 cm³/mol. The van der Waals surface area contributed by atoms with Gasteiger partial charge in [0.25, 0.3) is 10.0 Å². The zero-order chi connectivity index (χ0) is 52.7. The van der Waals surface area contributed by atoms with Crippen molar-refractivity contribution in [1.82, 2.24) is 4.83 Å². The molecule has 0 aromatic heterocycles. The highest BCUT2D eigenvalue weighted by atomic mass is 32.2. The van der Waals surface area contributed by atoms with E-state index >= 15 is 0 Å². The maximum absolute atomic E-state index is 12.4. The Morgan fingerprint density at radius 3 is 1.64 bits per heavy atom. The van der Waals surface area contributed by atoms with E-state index in [1.165, 1.54) is 32.4 Å². The fraction of sp³-hybridized carbons (Fsp3) is 0.211. The van der Waals surface area contributed by atoms with Gasteiger partial charge < -0.3 is 30.2 Å². The van der Waals surface area contributed by atoms with Crippen LogP contribution in [0.5, 0.6) is 0 Å². The lowest BCUT2D eigenvalue weighted by Crippen LogP contribution is -2.31. The largest absolute Gasteiger partial charge is 0.488 e. The zero-order valence-corrected chi connectivity index (χ0v) is 44.6. The quantitative estimate of drug-likeness (QED) is 0.0401. The minimum absolute atomic E-state index is 0.159. The van der Waals surface area contributed by atoms with Crippen LogP contribution in [0, 0.1) is 6.92 Å². The molecule has 7 aromatic rings. The van der Waals surface area contributed by atoms with E-state index in [-0.39, 0.29) is 22.2 Å². The molecule has 2 aliphatic heterocycles.